The SMILES string of the molecule is CCN(CC)S(=O)(=O)c1ccc(C(=O)N2CCN(CC(=O)c3cc(C)[nH]c3C)CC2)cc1. The summed E-state index contributed by atoms with van der Waals surface area (Å²) in [6.45, 7) is 10.8. The van der Waals surface area contributed by atoms with Crippen LogP contribution in [0, 0.1) is 13.8 Å². The van der Waals surface area contributed by atoms with E-state index < -0.39 is 10.0 Å². The van der Waals surface area contributed by atoms with E-state index in [9.17, 15) is 18.0 Å². The first-order chi connectivity index (χ1) is 15.2. The fourth-order valence-corrected chi connectivity index (χ4v) is 5.53. The molecule has 1 N–H and O–H groups in total. The Morgan fingerprint density at radius 1 is 1.00 bits per heavy atom. The number of sulfonamides is 1. The van der Waals surface area contributed by atoms with Gasteiger partial charge >= 0.3 is 0 Å². The second-order valence-corrected chi connectivity index (χ2v) is 10.0. The molecule has 32 heavy (non-hydrogen) atoms. The van der Waals surface area contributed by atoms with Crippen LogP contribution in [0.4, 0.5) is 0 Å². The molecule has 174 valence electrons. The zero-order valence-electron chi connectivity index (χ0n) is 19.2. The Balaban J connectivity index is 1.58. The first kappa shape index (κ1) is 24.2. The van der Waals surface area contributed by atoms with E-state index in [4.69, 9.17) is 0 Å². The number of hydrogen-bond donors (Lipinski definition) is 1. The largest absolute Gasteiger partial charge is 0.362 e. The van der Waals surface area contributed by atoms with Crippen molar-refractivity contribution in [1.29, 1.82) is 0 Å². The molecule has 1 saturated heterocycles. The zero-order chi connectivity index (χ0) is 23.5. The second kappa shape index (κ2) is 9.97. The van der Waals surface area contributed by atoms with Crippen LogP contribution in [0.15, 0.2) is 35.2 Å². The molecule has 1 amide bonds. The standard InChI is InChI=1S/C23H32N4O4S/c1-5-27(6-2)32(30,31)20-9-7-19(8-10-20)23(29)26-13-11-25(12-14-26)16-22(28)21-15-17(3)24-18(21)4/h7-10,15,24H,5-6,11-14,16H2,1-4H3. The topological polar surface area (TPSA) is 93.8 Å². The lowest BCUT2D eigenvalue weighted by Crippen LogP contribution is -2.49. The average Bonchev–Trinajstić information content (AvgIpc) is 3.12. The van der Waals surface area contributed by atoms with E-state index in [1.165, 1.54) is 16.4 Å². The van der Waals surface area contributed by atoms with Crippen LogP contribution in [-0.4, -0.2) is 85.0 Å². The Morgan fingerprint density at radius 2 is 1.59 bits per heavy atom. The molecule has 9 heteroatoms. The summed E-state index contributed by atoms with van der Waals surface area (Å²) in [6.07, 6.45) is 0. The Hall–Kier alpha value is -2.49. The number of carbonyl (C=O) groups excluding carboxylic acids is 2. The molecule has 1 aromatic carbocycles. The maximum Gasteiger partial charge on any atom is 0.253 e. The summed E-state index contributed by atoms with van der Waals surface area (Å²) in [5, 5.41) is 0. The lowest BCUT2D eigenvalue weighted by Gasteiger charge is -2.34. The van der Waals surface area contributed by atoms with Crippen molar-refractivity contribution in [2.75, 3.05) is 45.8 Å². The quantitative estimate of drug-likeness (QED) is 0.610. The molecule has 0 atom stereocenters. The lowest BCUT2D eigenvalue weighted by atomic mass is 10.1. The molecule has 0 spiro atoms. The highest BCUT2D eigenvalue weighted by Crippen LogP contribution is 2.18. The average molecular weight is 461 g/mol. The number of hydrogen-bond acceptors (Lipinski definition) is 5. The predicted octanol–water partition coefficient (Wildman–Crippen LogP) is 2.30. The van der Waals surface area contributed by atoms with Crippen molar-refractivity contribution in [2.45, 2.75) is 32.6 Å². The van der Waals surface area contributed by atoms with E-state index >= 15 is 0 Å². The van der Waals surface area contributed by atoms with Crippen LogP contribution in [-0.2, 0) is 10.0 Å². The third-order valence-electron chi connectivity index (χ3n) is 5.92. The summed E-state index contributed by atoms with van der Waals surface area (Å²) >= 11 is 0. The molecule has 0 radical (unpaired) electrons. The van der Waals surface area contributed by atoms with Crippen molar-refractivity contribution in [3.05, 3.63) is 52.8 Å². The molecule has 3 rings (SSSR count). The minimum absolute atomic E-state index is 0.0802. The van der Waals surface area contributed by atoms with Crippen molar-refractivity contribution >= 4 is 21.7 Å². The molecular formula is C23H32N4O4S. The molecule has 0 aliphatic carbocycles. The van der Waals surface area contributed by atoms with Gasteiger partial charge in [-0.15, -0.1) is 0 Å². The summed E-state index contributed by atoms with van der Waals surface area (Å²) in [4.78, 5) is 32.6. The summed E-state index contributed by atoms with van der Waals surface area (Å²) in [6, 6.07) is 8.02. The Labute approximate surface area is 190 Å². The Kier molecular flexibility index (Phi) is 7.53. The summed E-state index contributed by atoms with van der Waals surface area (Å²) in [5.74, 6) is -0.0449. The summed E-state index contributed by atoms with van der Waals surface area (Å²) < 4.78 is 26.6. The second-order valence-electron chi connectivity index (χ2n) is 8.10. The third kappa shape index (κ3) is 5.11. The molecule has 8 nitrogen and oxygen atoms in total. The first-order valence-electron chi connectivity index (χ1n) is 11.0. The van der Waals surface area contributed by atoms with Crippen molar-refractivity contribution in [1.82, 2.24) is 19.1 Å². The number of aromatic nitrogens is 1. The van der Waals surface area contributed by atoms with Crippen molar-refractivity contribution in [3.63, 3.8) is 0 Å². The maximum atomic E-state index is 12.9. The van der Waals surface area contributed by atoms with E-state index in [0.29, 0.717) is 51.4 Å². The molecule has 1 aliphatic heterocycles. The molecule has 2 aromatic rings. The molecule has 2 heterocycles. The minimum atomic E-state index is -3.54. The van der Waals surface area contributed by atoms with Crippen molar-refractivity contribution < 1.29 is 18.0 Å². The van der Waals surface area contributed by atoms with Gasteiger partial charge in [-0.25, -0.2) is 8.42 Å². The van der Waals surface area contributed by atoms with Gasteiger partial charge in [0.15, 0.2) is 5.78 Å². The number of Topliss-reactive ketones (excluding diaryl/α,β-unsaturated/α-hetero) is 1. The van der Waals surface area contributed by atoms with Crippen molar-refractivity contribution in [3.8, 4) is 0 Å². The molecule has 1 aliphatic rings. The van der Waals surface area contributed by atoms with Crippen molar-refractivity contribution in [2.24, 2.45) is 0 Å². The minimum Gasteiger partial charge on any atom is -0.362 e. The van der Waals surface area contributed by atoms with Crippen LogP contribution in [0.1, 0.15) is 46.0 Å². The van der Waals surface area contributed by atoms with Crippen LogP contribution in [0.5, 0.6) is 0 Å². The molecular weight excluding hydrogens is 428 g/mol. The highest BCUT2D eigenvalue weighted by molar-refractivity contribution is 7.89. The van der Waals surface area contributed by atoms with Gasteiger partial charge in [0.2, 0.25) is 10.0 Å². The van der Waals surface area contributed by atoms with Gasteiger partial charge in [0.1, 0.15) is 0 Å². The van der Waals surface area contributed by atoms with Gasteiger partial charge in [0.25, 0.3) is 5.91 Å². The molecule has 1 fully saturated rings. The smallest absolute Gasteiger partial charge is 0.253 e. The fourth-order valence-electron chi connectivity index (χ4n) is 4.08. The summed E-state index contributed by atoms with van der Waals surface area (Å²) in [5.41, 5.74) is 3.04. The van der Waals surface area contributed by atoms with Crippen LogP contribution in [0.25, 0.3) is 0 Å². The number of aryl methyl sites for hydroxylation is 2. The number of ketones is 1. The van der Waals surface area contributed by atoms with Crippen LogP contribution in [0.3, 0.4) is 0 Å². The van der Waals surface area contributed by atoms with Crippen LogP contribution in [0.2, 0.25) is 0 Å². The molecule has 0 unspecified atom stereocenters. The normalized spacial score (nSPS) is 15.3. The van der Waals surface area contributed by atoms with E-state index in [1.54, 1.807) is 30.9 Å². The number of amides is 1. The number of nitrogens with one attached hydrogen (secondary N) is 1. The highest BCUT2D eigenvalue weighted by atomic mass is 32.2. The maximum absolute atomic E-state index is 12.9. The van der Waals surface area contributed by atoms with E-state index in [2.05, 4.69) is 9.88 Å². The van der Waals surface area contributed by atoms with Crippen LogP contribution < -0.4 is 0 Å². The predicted molar refractivity (Wildman–Crippen MR) is 123 cm³/mol. The van der Waals surface area contributed by atoms with Gasteiger partial charge in [0, 0.05) is 61.8 Å². The fraction of sp³-hybridized carbons (Fsp3) is 0.478. The van der Waals surface area contributed by atoms with Crippen LogP contribution >= 0.6 is 0 Å². The molecule has 0 saturated carbocycles. The zero-order valence-corrected chi connectivity index (χ0v) is 20.0. The number of piperazine rings is 1. The van der Waals surface area contributed by atoms with Gasteiger partial charge in [0.05, 0.1) is 11.4 Å². The number of aromatic amines is 1. The van der Waals surface area contributed by atoms with E-state index in [0.717, 1.165) is 17.0 Å². The Morgan fingerprint density at radius 3 is 2.09 bits per heavy atom. The van der Waals surface area contributed by atoms with E-state index in [-0.39, 0.29) is 16.6 Å². The highest BCUT2D eigenvalue weighted by Gasteiger charge is 2.26. The van der Waals surface area contributed by atoms with Gasteiger partial charge in [-0.1, -0.05) is 13.8 Å². The first-order valence-corrected chi connectivity index (χ1v) is 12.4. The van der Waals surface area contributed by atoms with Gasteiger partial charge in [-0.05, 0) is 44.2 Å². The molecule has 1 aromatic heterocycles. The van der Waals surface area contributed by atoms with Gasteiger partial charge < -0.3 is 9.88 Å². The third-order valence-corrected chi connectivity index (χ3v) is 7.99. The lowest BCUT2D eigenvalue weighted by molar-refractivity contribution is 0.0624. The number of benzene rings is 1. The molecule has 0 bridgehead atoms. The van der Waals surface area contributed by atoms with Gasteiger partial charge in [-0.3, -0.25) is 14.5 Å². The number of nitrogens with zero attached hydrogens (tertiary/aromatic N) is 3. The number of rotatable bonds is 8. The van der Waals surface area contributed by atoms with Gasteiger partial charge in [-0.2, -0.15) is 4.31 Å². The monoisotopic (exact) mass is 460 g/mol. The van der Waals surface area contributed by atoms with E-state index in [1.807, 2.05) is 19.9 Å². The number of H-pyrrole nitrogens is 1. The summed E-state index contributed by atoms with van der Waals surface area (Å²) in [7, 11) is -3.54. The number of carbonyl (C=O) groups is 2. The Bertz CT molecular complexity index is 1060.